The van der Waals surface area contributed by atoms with Gasteiger partial charge in [-0.1, -0.05) is 34.6 Å². The fourth-order valence-electron chi connectivity index (χ4n) is 3.82. The molecule has 0 bridgehead atoms. The maximum Gasteiger partial charge on any atom is 0.407 e. The Hall–Kier alpha value is -0.770. The van der Waals surface area contributed by atoms with Crippen LogP contribution in [0.2, 0.25) is 0 Å². The Labute approximate surface area is 123 Å². The van der Waals surface area contributed by atoms with E-state index in [-0.39, 0.29) is 22.3 Å². The lowest BCUT2D eigenvalue weighted by Crippen LogP contribution is -2.45. The number of amides is 1. The van der Waals surface area contributed by atoms with E-state index in [0.29, 0.717) is 19.0 Å². The van der Waals surface area contributed by atoms with Gasteiger partial charge < -0.3 is 15.8 Å². The monoisotopic (exact) mass is 284 g/mol. The maximum absolute atomic E-state index is 11.8. The molecule has 1 rings (SSSR count). The Morgan fingerprint density at radius 2 is 1.60 bits per heavy atom. The average molecular weight is 284 g/mol. The van der Waals surface area contributed by atoms with E-state index in [1.165, 1.54) is 0 Å². The molecule has 1 saturated carbocycles. The number of rotatable bonds is 4. The zero-order valence-corrected chi connectivity index (χ0v) is 14.4. The van der Waals surface area contributed by atoms with E-state index in [1.54, 1.807) is 0 Å². The van der Waals surface area contributed by atoms with Crippen LogP contribution < -0.4 is 11.1 Å². The predicted molar refractivity (Wildman–Crippen MR) is 82.5 cm³/mol. The second kappa shape index (κ2) is 4.90. The number of nitrogens with one attached hydrogen (secondary N) is 1. The molecule has 0 spiro atoms. The fourth-order valence-corrected chi connectivity index (χ4v) is 3.82. The van der Waals surface area contributed by atoms with Crippen LogP contribution in [-0.2, 0) is 4.74 Å². The quantitative estimate of drug-likeness (QED) is 0.833. The lowest BCUT2D eigenvalue weighted by atomic mass is 9.80. The minimum Gasteiger partial charge on any atom is -0.444 e. The van der Waals surface area contributed by atoms with Crippen molar-refractivity contribution in [1.29, 1.82) is 0 Å². The zero-order valence-electron chi connectivity index (χ0n) is 14.4. The molecule has 3 N–H and O–H groups in total. The molecule has 1 atom stereocenters. The Morgan fingerprint density at radius 1 is 1.15 bits per heavy atom. The van der Waals surface area contributed by atoms with E-state index in [0.717, 1.165) is 0 Å². The van der Waals surface area contributed by atoms with Crippen molar-refractivity contribution in [1.82, 2.24) is 5.32 Å². The Bertz CT molecular complexity index is 368. The second-order valence-electron chi connectivity index (χ2n) is 8.59. The summed E-state index contributed by atoms with van der Waals surface area (Å²) in [7, 11) is 0. The van der Waals surface area contributed by atoms with Crippen LogP contribution in [0.5, 0.6) is 0 Å². The van der Waals surface area contributed by atoms with Crippen LogP contribution in [0.4, 0.5) is 4.79 Å². The van der Waals surface area contributed by atoms with Gasteiger partial charge in [0, 0.05) is 12.0 Å². The summed E-state index contributed by atoms with van der Waals surface area (Å²) >= 11 is 0. The molecular formula is C16H32N2O2. The molecule has 1 aliphatic rings. The van der Waals surface area contributed by atoms with Crippen LogP contribution in [0.1, 0.15) is 55.4 Å². The Kier molecular flexibility index (Phi) is 4.24. The van der Waals surface area contributed by atoms with E-state index >= 15 is 0 Å². The van der Waals surface area contributed by atoms with E-state index in [4.69, 9.17) is 10.5 Å². The molecule has 0 aromatic heterocycles. The standard InChI is InChI=1S/C16H32N2O2/c1-13(2,3)20-12(19)18-10-16(8,9-17)11-14(4,5)15(11,6)7/h11H,9-10,17H2,1-8H3,(H,18,19). The first-order valence-corrected chi connectivity index (χ1v) is 7.45. The van der Waals surface area contributed by atoms with Gasteiger partial charge in [0.1, 0.15) is 5.60 Å². The van der Waals surface area contributed by atoms with Gasteiger partial charge >= 0.3 is 6.09 Å². The zero-order chi connectivity index (χ0) is 16.0. The van der Waals surface area contributed by atoms with Crippen molar-refractivity contribution in [3.63, 3.8) is 0 Å². The van der Waals surface area contributed by atoms with Gasteiger partial charge in [-0.2, -0.15) is 0 Å². The topological polar surface area (TPSA) is 64.3 Å². The van der Waals surface area contributed by atoms with Crippen LogP contribution in [0.15, 0.2) is 0 Å². The van der Waals surface area contributed by atoms with Crippen molar-refractivity contribution < 1.29 is 9.53 Å². The molecule has 4 nitrogen and oxygen atoms in total. The van der Waals surface area contributed by atoms with Crippen molar-refractivity contribution in [2.45, 2.75) is 61.0 Å². The summed E-state index contributed by atoms with van der Waals surface area (Å²) in [4.78, 5) is 11.8. The summed E-state index contributed by atoms with van der Waals surface area (Å²) in [6.45, 7) is 18.0. The molecule has 0 aromatic carbocycles. The van der Waals surface area contributed by atoms with Gasteiger partial charge in [0.05, 0.1) is 0 Å². The smallest absolute Gasteiger partial charge is 0.407 e. The van der Waals surface area contributed by atoms with Gasteiger partial charge in [0.25, 0.3) is 0 Å². The number of ether oxygens (including phenoxy) is 1. The van der Waals surface area contributed by atoms with Crippen LogP contribution in [0.3, 0.4) is 0 Å². The summed E-state index contributed by atoms with van der Waals surface area (Å²) in [6, 6.07) is 0. The number of hydrogen-bond acceptors (Lipinski definition) is 3. The molecule has 0 heterocycles. The first-order chi connectivity index (χ1) is 8.78. The third-order valence-electron chi connectivity index (χ3n) is 5.22. The van der Waals surface area contributed by atoms with Crippen LogP contribution in [0.25, 0.3) is 0 Å². The van der Waals surface area contributed by atoms with E-state index < -0.39 is 5.60 Å². The van der Waals surface area contributed by atoms with E-state index in [2.05, 4.69) is 39.9 Å². The molecule has 0 aromatic rings. The number of alkyl carbamates (subject to hydrolysis) is 1. The maximum atomic E-state index is 11.8. The van der Waals surface area contributed by atoms with Crippen molar-refractivity contribution in [3.05, 3.63) is 0 Å². The summed E-state index contributed by atoms with van der Waals surface area (Å²) in [5, 5.41) is 2.89. The highest BCUT2D eigenvalue weighted by Crippen LogP contribution is 2.73. The molecular weight excluding hydrogens is 252 g/mol. The highest BCUT2D eigenvalue weighted by atomic mass is 16.6. The number of nitrogens with two attached hydrogens (primary N) is 1. The van der Waals surface area contributed by atoms with Gasteiger partial charge in [0.2, 0.25) is 0 Å². The molecule has 1 unspecified atom stereocenters. The molecule has 1 aliphatic carbocycles. The third kappa shape index (κ3) is 3.11. The minimum absolute atomic E-state index is 0.107. The summed E-state index contributed by atoms with van der Waals surface area (Å²) in [5.41, 5.74) is 5.93. The Morgan fingerprint density at radius 3 is 1.90 bits per heavy atom. The van der Waals surface area contributed by atoms with Crippen LogP contribution in [-0.4, -0.2) is 24.8 Å². The number of carbonyl (C=O) groups is 1. The van der Waals surface area contributed by atoms with E-state index in [1.807, 2.05) is 20.8 Å². The predicted octanol–water partition coefficient (Wildman–Crippen LogP) is 3.16. The highest BCUT2D eigenvalue weighted by Gasteiger charge is 2.70. The molecule has 1 fully saturated rings. The molecule has 20 heavy (non-hydrogen) atoms. The van der Waals surface area contributed by atoms with Crippen LogP contribution in [0, 0.1) is 22.2 Å². The van der Waals surface area contributed by atoms with Crippen molar-refractivity contribution in [3.8, 4) is 0 Å². The van der Waals surface area contributed by atoms with Gasteiger partial charge in [-0.25, -0.2) is 4.79 Å². The summed E-state index contributed by atoms with van der Waals surface area (Å²) < 4.78 is 5.29. The average Bonchev–Trinajstić information content (AvgIpc) is 2.65. The van der Waals surface area contributed by atoms with Crippen molar-refractivity contribution in [2.75, 3.05) is 13.1 Å². The van der Waals surface area contributed by atoms with Crippen LogP contribution >= 0.6 is 0 Å². The molecule has 0 radical (unpaired) electrons. The normalized spacial score (nSPS) is 23.9. The third-order valence-corrected chi connectivity index (χ3v) is 5.22. The first kappa shape index (κ1) is 17.3. The Balaban J connectivity index is 2.67. The molecule has 0 aliphatic heterocycles. The summed E-state index contributed by atoms with van der Waals surface area (Å²) in [5.74, 6) is 0.488. The van der Waals surface area contributed by atoms with Crippen molar-refractivity contribution in [2.24, 2.45) is 27.9 Å². The second-order valence-corrected chi connectivity index (χ2v) is 8.59. The molecule has 1 amide bonds. The largest absolute Gasteiger partial charge is 0.444 e. The lowest BCUT2D eigenvalue weighted by Gasteiger charge is -2.31. The molecule has 118 valence electrons. The summed E-state index contributed by atoms with van der Waals surface area (Å²) in [6.07, 6.45) is -0.367. The highest BCUT2D eigenvalue weighted by molar-refractivity contribution is 5.67. The fraction of sp³-hybridized carbons (Fsp3) is 0.938. The minimum atomic E-state index is -0.471. The number of carbonyl (C=O) groups excluding carboxylic acids is 1. The van der Waals surface area contributed by atoms with Gasteiger partial charge in [-0.3, -0.25) is 0 Å². The van der Waals surface area contributed by atoms with Gasteiger partial charge in [0.15, 0.2) is 0 Å². The van der Waals surface area contributed by atoms with Gasteiger partial charge in [-0.15, -0.1) is 0 Å². The molecule has 0 saturated heterocycles. The van der Waals surface area contributed by atoms with Gasteiger partial charge in [-0.05, 0) is 44.1 Å². The number of hydrogen-bond donors (Lipinski definition) is 2. The SMILES string of the molecule is CC(C)(C)OC(=O)NCC(C)(CN)C1C(C)(C)C1(C)C. The molecule has 4 heteroatoms. The van der Waals surface area contributed by atoms with E-state index in [9.17, 15) is 4.79 Å². The van der Waals surface area contributed by atoms with Crippen molar-refractivity contribution >= 4 is 6.09 Å². The first-order valence-electron chi connectivity index (χ1n) is 7.45. The lowest BCUT2D eigenvalue weighted by molar-refractivity contribution is 0.0492.